The van der Waals surface area contributed by atoms with Crippen LogP contribution >= 0.6 is 0 Å². The van der Waals surface area contributed by atoms with Crippen LogP contribution in [-0.2, 0) is 10.9 Å². The zero-order valence-electron chi connectivity index (χ0n) is 9.04. The summed E-state index contributed by atoms with van der Waals surface area (Å²) >= 11 is 0. The van der Waals surface area contributed by atoms with Crippen LogP contribution in [0, 0.1) is 11.3 Å². The molecule has 17 heavy (non-hydrogen) atoms. The highest BCUT2D eigenvalue weighted by Gasteiger charge is 2.34. The minimum atomic E-state index is -4.56. The molecule has 1 aromatic carbocycles. The molecule has 1 aromatic rings. The van der Waals surface area contributed by atoms with Gasteiger partial charge in [-0.3, -0.25) is 0 Å². The van der Waals surface area contributed by atoms with E-state index in [4.69, 9.17) is 14.7 Å². The van der Waals surface area contributed by atoms with Crippen LogP contribution in [0.15, 0.2) is 18.2 Å². The molecule has 0 saturated heterocycles. The maximum Gasteiger partial charge on any atom is 0.417 e. The smallest absolute Gasteiger partial charge is 0.417 e. The number of methoxy groups -OCH3 is 1. The van der Waals surface area contributed by atoms with Crippen LogP contribution in [0.3, 0.4) is 0 Å². The molecule has 0 fully saturated rings. The predicted molar refractivity (Wildman–Crippen MR) is 53.5 cm³/mol. The molecule has 0 spiro atoms. The maximum absolute atomic E-state index is 12.6. The fourth-order valence-corrected chi connectivity index (χ4v) is 1.19. The summed E-state index contributed by atoms with van der Waals surface area (Å²) in [5.74, 6) is 0.0633. The molecule has 92 valence electrons. The second-order valence-corrected chi connectivity index (χ2v) is 3.16. The minimum absolute atomic E-state index is 0.0633. The van der Waals surface area contributed by atoms with Gasteiger partial charge in [-0.15, -0.1) is 0 Å². The summed E-state index contributed by atoms with van der Waals surface area (Å²) in [6, 6.07) is 4.72. The summed E-state index contributed by atoms with van der Waals surface area (Å²) in [5, 5.41) is 8.58. The molecule has 0 heterocycles. The first-order valence-electron chi connectivity index (χ1n) is 4.72. The topological polar surface area (TPSA) is 42.2 Å². The standard InChI is InChI=1S/C11H10F3NO2/c1-16-4-5-17-9-3-2-8(7-15)10(6-9)11(12,13)14/h2-3,6H,4-5H2,1H3. The first-order valence-corrected chi connectivity index (χ1v) is 4.72. The number of ether oxygens (including phenoxy) is 2. The second-order valence-electron chi connectivity index (χ2n) is 3.16. The van der Waals surface area contributed by atoms with E-state index in [-0.39, 0.29) is 19.0 Å². The van der Waals surface area contributed by atoms with Gasteiger partial charge in [0.1, 0.15) is 12.4 Å². The van der Waals surface area contributed by atoms with Crippen molar-refractivity contribution in [3.63, 3.8) is 0 Å². The number of hydrogen-bond acceptors (Lipinski definition) is 3. The van der Waals surface area contributed by atoms with E-state index in [0.29, 0.717) is 0 Å². The first-order chi connectivity index (χ1) is 7.99. The van der Waals surface area contributed by atoms with Crippen LogP contribution in [0.25, 0.3) is 0 Å². The Hall–Kier alpha value is -1.74. The lowest BCUT2D eigenvalue weighted by Crippen LogP contribution is -2.09. The molecule has 0 aliphatic heterocycles. The highest BCUT2D eigenvalue weighted by molar-refractivity contribution is 5.44. The van der Waals surface area contributed by atoms with Gasteiger partial charge in [-0.2, -0.15) is 18.4 Å². The van der Waals surface area contributed by atoms with Gasteiger partial charge in [-0.1, -0.05) is 0 Å². The summed E-state index contributed by atoms with van der Waals surface area (Å²) < 4.78 is 47.5. The van der Waals surface area contributed by atoms with E-state index in [1.165, 1.54) is 19.2 Å². The number of benzene rings is 1. The number of nitrogens with zero attached hydrogens (tertiary/aromatic N) is 1. The molecule has 3 nitrogen and oxygen atoms in total. The van der Waals surface area contributed by atoms with Gasteiger partial charge in [0.15, 0.2) is 0 Å². The zero-order valence-corrected chi connectivity index (χ0v) is 9.04. The first kappa shape index (κ1) is 13.3. The van der Waals surface area contributed by atoms with Gasteiger partial charge in [0, 0.05) is 7.11 Å². The quantitative estimate of drug-likeness (QED) is 0.766. The van der Waals surface area contributed by atoms with Crippen molar-refractivity contribution < 1.29 is 22.6 Å². The van der Waals surface area contributed by atoms with Gasteiger partial charge in [-0.25, -0.2) is 0 Å². The largest absolute Gasteiger partial charge is 0.491 e. The van der Waals surface area contributed by atoms with E-state index < -0.39 is 17.3 Å². The molecule has 0 N–H and O–H groups in total. The fourth-order valence-electron chi connectivity index (χ4n) is 1.19. The lowest BCUT2D eigenvalue weighted by molar-refractivity contribution is -0.137. The van der Waals surface area contributed by atoms with Crippen LogP contribution < -0.4 is 4.74 Å². The van der Waals surface area contributed by atoms with E-state index in [0.717, 1.165) is 12.1 Å². The highest BCUT2D eigenvalue weighted by Crippen LogP contribution is 2.34. The zero-order chi connectivity index (χ0) is 12.9. The Bertz CT molecular complexity index is 424. The number of alkyl halides is 3. The second kappa shape index (κ2) is 5.55. The number of nitriles is 1. The van der Waals surface area contributed by atoms with E-state index in [9.17, 15) is 13.2 Å². The van der Waals surface area contributed by atoms with Crippen LogP contribution in [-0.4, -0.2) is 20.3 Å². The van der Waals surface area contributed by atoms with Crippen LogP contribution in [0.2, 0.25) is 0 Å². The van der Waals surface area contributed by atoms with Gasteiger partial charge >= 0.3 is 6.18 Å². The maximum atomic E-state index is 12.6. The third kappa shape index (κ3) is 3.64. The lowest BCUT2D eigenvalue weighted by Gasteiger charge is -2.11. The van der Waals surface area contributed by atoms with Crippen LogP contribution in [0.5, 0.6) is 5.75 Å². The van der Waals surface area contributed by atoms with Crippen LogP contribution in [0.1, 0.15) is 11.1 Å². The van der Waals surface area contributed by atoms with Crippen molar-refractivity contribution in [2.45, 2.75) is 6.18 Å². The summed E-state index contributed by atoms with van der Waals surface area (Å²) in [6.45, 7) is 0.432. The van der Waals surface area contributed by atoms with E-state index in [1.807, 2.05) is 0 Å². The Morgan fingerprint density at radius 1 is 1.29 bits per heavy atom. The van der Waals surface area contributed by atoms with Gasteiger partial charge in [-0.05, 0) is 18.2 Å². The fraction of sp³-hybridized carbons (Fsp3) is 0.364. The molecular weight excluding hydrogens is 235 g/mol. The molecule has 0 aromatic heterocycles. The average Bonchev–Trinajstić information content (AvgIpc) is 2.28. The van der Waals surface area contributed by atoms with Gasteiger partial charge < -0.3 is 9.47 Å². The Morgan fingerprint density at radius 2 is 2.00 bits per heavy atom. The predicted octanol–water partition coefficient (Wildman–Crippen LogP) is 2.60. The molecule has 0 atom stereocenters. The summed E-state index contributed by atoms with van der Waals surface area (Å²) in [6.07, 6.45) is -4.56. The van der Waals surface area contributed by atoms with Crippen molar-refractivity contribution in [2.24, 2.45) is 0 Å². The molecule has 0 bridgehead atoms. The molecule has 1 rings (SSSR count). The summed E-state index contributed by atoms with van der Waals surface area (Å²) in [4.78, 5) is 0. The molecule has 0 amide bonds. The highest BCUT2D eigenvalue weighted by atomic mass is 19.4. The van der Waals surface area contributed by atoms with E-state index in [1.54, 1.807) is 0 Å². The van der Waals surface area contributed by atoms with E-state index in [2.05, 4.69) is 0 Å². The molecule has 0 radical (unpaired) electrons. The number of hydrogen-bond donors (Lipinski definition) is 0. The molecule has 0 unspecified atom stereocenters. The normalized spacial score (nSPS) is 11.0. The Morgan fingerprint density at radius 3 is 2.53 bits per heavy atom. The van der Waals surface area contributed by atoms with Gasteiger partial charge in [0.25, 0.3) is 0 Å². The van der Waals surface area contributed by atoms with Crippen LogP contribution in [0.4, 0.5) is 13.2 Å². The molecule has 0 aliphatic carbocycles. The van der Waals surface area contributed by atoms with Crippen molar-refractivity contribution in [3.8, 4) is 11.8 Å². The van der Waals surface area contributed by atoms with Gasteiger partial charge in [0.2, 0.25) is 0 Å². The van der Waals surface area contributed by atoms with Crippen molar-refractivity contribution in [1.82, 2.24) is 0 Å². The minimum Gasteiger partial charge on any atom is -0.491 e. The third-order valence-electron chi connectivity index (χ3n) is 1.97. The lowest BCUT2D eigenvalue weighted by atomic mass is 10.1. The molecule has 0 saturated carbocycles. The number of rotatable bonds is 4. The monoisotopic (exact) mass is 245 g/mol. The summed E-state index contributed by atoms with van der Waals surface area (Å²) in [7, 11) is 1.46. The van der Waals surface area contributed by atoms with Gasteiger partial charge in [0.05, 0.1) is 23.8 Å². The molecule has 6 heteroatoms. The van der Waals surface area contributed by atoms with Crippen molar-refractivity contribution in [1.29, 1.82) is 5.26 Å². The summed E-state index contributed by atoms with van der Waals surface area (Å²) in [5.41, 5.74) is -1.41. The average molecular weight is 245 g/mol. The number of halogens is 3. The Balaban J connectivity index is 2.94. The van der Waals surface area contributed by atoms with Crippen molar-refractivity contribution in [2.75, 3.05) is 20.3 Å². The van der Waals surface area contributed by atoms with Crippen molar-refractivity contribution in [3.05, 3.63) is 29.3 Å². The Kier molecular flexibility index (Phi) is 4.35. The SMILES string of the molecule is COCCOc1ccc(C#N)c(C(F)(F)F)c1. The Labute approximate surface area is 96.4 Å². The third-order valence-corrected chi connectivity index (χ3v) is 1.97. The molecule has 0 aliphatic rings. The molecular formula is C11H10F3NO2. The van der Waals surface area contributed by atoms with Crippen molar-refractivity contribution >= 4 is 0 Å². The van der Waals surface area contributed by atoms with E-state index >= 15 is 0 Å².